The summed E-state index contributed by atoms with van der Waals surface area (Å²) >= 11 is 0. The van der Waals surface area contributed by atoms with Crippen molar-refractivity contribution in [3.8, 4) is 11.5 Å². The molecule has 5 aliphatic rings. The van der Waals surface area contributed by atoms with Crippen LogP contribution in [0.2, 0.25) is 0 Å². The summed E-state index contributed by atoms with van der Waals surface area (Å²) < 4.78 is 12.1. The van der Waals surface area contributed by atoms with E-state index < -0.39 is 0 Å². The minimum absolute atomic E-state index is 0.0679. The van der Waals surface area contributed by atoms with Gasteiger partial charge in [-0.25, -0.2) is 0 Å². The maximum absolute atomic E-state index is 13.4. The van der Waals surface area contributed by atoms with Crippen LogP contribution >= 0.6 is 0 Å². The first-order chi connectivity index (χ1) is 13.1. The van der Waals surface area contributed by atoms with E-state index in [0.717, 1.165) is 36.8 Å². The number of likely N-dealkylation sites (tertiary alicyclic amines) is 1. The van der Waals surface area contributed by atoms with E-state index in [-0.39, 0.29) is 17.4 Å². The minimum Gasteiger partial charge on any atom is -0.493 e. The summed E-state index contributed by atoms with van der Waals surface area (Å²) in [4.78, 5) is 16.1. The summed E-state index contributed by atoms with van der Waals surface area (Å²) in [5.74, 6) is 3.84. The molecule has 2 heterocycles. The Kier molecular flexibility index (Phi) is 3.21. The normalized spacial score (nSPS) is 41.9. The van der Waals surface area contributed by atoms with Gasteiger partial charge in [-0.05, 0) is 61.6 Å². The van der Waals surface area contributed by atoms with Crippen molar-refractivity contribution in [3.05, 3.63) is 23.3 Å². The van der Waals surface area contributed by atoms with Gasteiger partial charge in [0.2, 0.25) is 0 Å². The summed E-state index contributed by atoms with van der Waals surface area (Å²) in [7, 11) is 1.70. The second kappa shape index (κ2) is 5.28. The Hall–Kier alpha value is -1.55. The van der Waals surface area contributed by atoms with Crippen molar-refractivity contribution in [2.75, 3.05) is 20.2 Å². The van der Waals surface area contributed by atoms with Crippen molar-refractivity contribution in [3.63, 3.8) is 0 Å². The van der Waals surface area contributed by atoms with Gasteiger partial charge in [0, 0.05) is 29.5 Å². The fourth-order valence-corrected chi connectivity index (χ4v) is 7.03. The maximum Gasteiger partial charge on any atom is 0.177 e. The number of hydrogen-bond acceptors (Lipinski definition) is 4. The van der Waals surface area contributed by atoms with Crippen molar-refractivity contribution in [1.82, 2.24) is 4.90 Å². The standard InChI is InChI=1S/C23H29NO3/c1-12-13(2)20(25)22-23-8-9-24(11-14-4-5-14)16(18(12)23)10-15-6-7-17(26-3)21(27-22)19(15)23/h6-7,12-14,16,18,22H,4-5,8-11H2,1-3H3/t12?,13-,16?,18?,22?,23?/m0/s1. The first-order valence-corrected chi connectivity index (χ1v) is 10.7. The van der Waals surface area contributed by atoms with Gasteiger partial charge in [-0.15, -0.1) is 0 Å². The summed E-state index contributed by atoms with van der Waals surface area (Å²) in [6.45, 7) is 6.79. The molecule has 144 valence electrons. The van der Waals surface area contributed by atoms with Crippen molar-refractivity contribution in [2.45, 2.75) is 57.1 Å². The fraction of sp³-hybridized carbons (Fsp3) is 0.696. The van der Waals surface area contributed by atoms with Crippen molar-refractivity contribution >= 4 is 5.78 Å². The molecule has 1 aromatic rings. The van der Waals surface area contributed by atoms with Crippen LogP contribution in [0.5, 0.6) is 11.5 Å². The molecular formula is C23H29NO3. The van der Waals surface area contributed by atoms with Gasteiger partial charge in [-0.3, -0.25) is 9.69 Å². The highest BCUT2D eigenvalue weighted by Crippen LogP contribution is 2.65. The van der Waals surface area contributed by atoms with E-state index in [2.05, 4.69) is 24.8 Å². The second-order valence-corrected chi connectivity index (χ2v) is 9.71. The number of nitrogens with zero attached hydrogens (tertiary/aromatic N) is 1. The molecule has 1 spiro atoms. The number of ether oxygens (including phenoxy) is 2. The van der Waals surface area contributed by atoms with Crippen LogP contribution in [0.1, 0.15) is 44.2 Å². The molecule has 2 bridgehead atoms. The Balaban J connectivity index is 1.56. The molecule has 6 atom stereocenters. The van der Waals surface area contributed by atoms with Crippen LogP contribution in [0.25, 0.3) is 0 Å². The van der Waals surface area contributed by atoms with E-state index in [9.17, 15) is 4.79 Å². The molecular weight excluding hydrogens is 338 g/mol. The molecule has 3 fully saturated rings. The zero-order chi connectivity index (χ0) is 18.5. The van der Waals surface area contributed by atoms with Gasteiger partial charge < -0.3 is 9.47 Å². The van der Waals surface area contributed by atoms with Crippen molar-refractivity contribution < 1.29 is 14.3 Å². The predicted octanol–water partition coefficient (Wildman–Crippen LogP) is 3.21. The molecule has 3 aliphatic carbocycles. The molecule has 4 nitrogen and oxygen atoms in total. The van der Waals surface area contributed by atoms with Gasteiger partial charge in [-0.1, -0.05) is 19.9 Å². The minimum atomic E-state index is -0.315. The quantitative estimate of drug-likeness (QED) is 0.822. The lowest BCUT2D eigenvalue weighted by molar-refractivity contribution is -0.151. The molecule has 0 aromatic heterocycles. The summed E-state index contributed by atoms with van der Waals surface area (Å²) in [5.41, 5.74) is 2.58. The summed E-state index contributed by atoms with van der Waals surface area (Å²) in [5, 5.41) is 0. The van der Waals surface area contributed by atoms with Crippen LogP contribution < -0.4 is 9.47 Å². The van der Waals surface area contributed by atoms with E-state index in [4.69, 9.17) is 9.47 Å². The Morgan fingerprint density at radius 3 is 2.85 bits per heavy atom. The average molecular weight is 367 g/mol. The number of methoxy groups -OCH3 is 1. The van der Waals surface area contributed by atoms with E-state index in [0.29, 0.717) is 23.7 Å². The first-order valence-electron chi connectivity index (χ1n) is 10.7. The number of piperidine rings is 1. The zero-order valence-corrected chi connectivity index (χ0v) is 16.5. The number of ketones is 1. The number of carbonyl (C=O) groups excluding carboxylic acids is 1. The lowest BCUT2D eigenvalue weighted by Crippen LogP contribution is -2.69. The summed E-state index contributed by atoms with van der Waals surface area (Å²) in [6, 6.07) is 4.82. The number of Topliss-reactive ketones (excluding diaryl/α,β-unsaturated/α-hetero) is 1. The third-order valence-corrected chi connectivity index (χ3v) is 8.57. The van der Waals surface area contributed by atoms with E-state index >= 15 is 0 Å². The monoisotopic (exact) mass is 367 g/mol. The molecule has 5 unspecified atom stereocenters. The second-order valence-electron chi connectivity index (χ2n) is 9.71. The topological polar surface area (TPSA) is 38.8 Å². The highest BCUT2D eigenvalue weighted by molar-refractivity contribution is 5.91. The number of rotatable bonds is 3. The highest BCUT2D eigenvalue weighted by Gasteiger charge is 2.69. The lowest BCUT2D eigenvalue weighted by Gasteiger charge is -2.61. The van der Waals surface area contributed by atoms with Crippen LogP contribution in [-0.4, -0.2) is 43.0 Å². The third-order valence-electron chi connectivity index (χ3n) is 8.57. The molecule has 6 rings (SSSR count). The summed E-state index contributed by atoms with van der Waals surface area (Å²) in [6.07, 6.45) is 4.61. The average Bonchev–Trinajstić information content (AvgIpc) is 3.42. The Morgan fingerprint density at radius 1 is 1.30 bits per heavy atom. The Labute approximate surface area is 161 Å². The van der Waals surface area contributed by atoms with E-state index in [1.165, 1.54) is 30.5 Å². The van der Waals surface area contributed by atoms with Crippen molar-refractivity contribution in [2.24, 2.45) is 23.7 Å². The molecule has 0 amide bonds. The van der Waals surface area contributed by atoms with Crippen LogP contribution in [0, 0.1) is 23.7 Å². The smallest absolute Gasteiger partial charge is 0.177 e. The van der Waals surface area contributed by atoms with Crippen LogP contribution in [0.4, 0.5) is 0 Å². The lowest BCUT2D eigenvalue weighted by atomic mass is 9.47. The van der Waals surface area contributed by atoms with Crippen LogP contribution in [-0.2, 0) is 16.6 Å². The molecule has 4 heteroatoms. The largest absolute Gasteiger partial charge is 0.493 e. The first kappa shape index (κ1) is 16.4. The third kappa shape index (κ3) is 1.90. The van der Waals surface area contributed by atoms with Gasteiger partial charge in [0.1, 0.15) is 0 Å². The molecule has 2 aliphatic heterocycles. The van der Waals surface area contributed by atoms with Crippen molar-refractivity contribution in [1.29, 1.82) is 0 Å². The van der Waals surface area contributed by atoms with Crippen LogP contribution in [0.3, 0.4) is 0 Å². The SMILES string of the molecule is COc1ccc2c3c1OC1C(=O)[C@@H](C)C(C)C4C(C2)N(CC2CC2)CCC314. The number of hydrogen-bond donors (Lipinski definition) is 0. The molecule has 2 saturated carbocycles. The maximum atomic E-state index is 13.4. The highest BCUT2D eigenvalue weighted by atomic mass is 16.5. The predicted molar refractivity (Wildman–Crippen MR) is 102 cm³/mol. The van der Waals surface area contributed by atoms with Gasteiger partial charge in [0.15, 0.2) is 23.4 Å². The zero-order valence-electron chi connectivity index (χ0n) is 16.5. The molecule has 1 aromatic carbocycles. The van der Waals surface area contributed by atoms with E-state index in [1.807, 2.05) is 6.07 Å². The molecule has 27 heavy (non-hydrogen) atoms. The van der Waals surface area contributed by atoms with Crippen LogP contribution in [0.15, 0.2) is 12.1 Å². The molecule has 0 N–H and O–H groups in total. The Morgan fingerprint density at radius 2 is 2.11 bits per heavy atom. The van der Waals surface area contributed by atoms with Gasteiger partial charge in [0.05, 0.1) is 7.11 Å². The number of carbonyl (C=O) groups is 1. The van der Waals surface area contributed by atoms with Gasteiger partial charge in [0.25, 0.3) is 0 Å². The number of benzene rings is 1. The van der Waals surface area contributed by atoms with Gasteiger partial charge >= 0.3 is 0 Å². The Bertz CT molecular complexity index is 831. The molecule has 0 radical (unpaired) electrons. The molecule has 1 saturated heterocycles. The van der Waals surface area contributed by atoms with E-state index in [1.54, 1.807) is 7.11 Å². The van der Waals surface area contributed by atoms with Gasteiger partial charge in [-0.2, -0.15) is 0 Å². The fourth-order valence-electron chi connectivity index (χ4n) is 7.03.